The monoisotopic (exact) mass is 408 g/mol. The van der Waals surface area contributed by atoms with Gasteiger partial charge in [-0.3, -0.25) is 9.59 Å². The van der Waals surface area contributed by atoms with Crippen molar-refractivity contribution in [2.45, 2.75) is 12.8 Å². The van der Waals surface area contributed by atoms with E-state index in [-0.39, 0.29) is 23.2 Å². The first kappa shape index (κ1) is 19.6. The Balaban J connectivity index is 1.63. The minimum atomic E-state index is -0.397. The SMILES string of the molecule is Cn1ncc(Oc2ccc(F)cc2)c(Nc2cccc(C(=O)N3CCCC3)c2)c1=O. The number of carbonyl (C=O) groups excluding carboxylic acids is 1. The van der Waals surface area contributed by atoms with Crippen LogP contribution in [0, 0.1) is 5.82 Å². The molecule has 2 heterocycles. The van der Waals surface area contributed by atoms with Crippen molar-refractivity contribution in [3.05, 3.63) is 76.5 Å². The molecular formula is C22H21FN4O3. The number of amides is 1. The summed E-state index contributed by atoms with van der Waals surface area (Å²) >= 11 is 0. The van der Waals surface area contributed by atoms with Crippen LogP contribution >= 0.6 is 0 Å². The van der Waals surface area contributed by atoms with Crippen LogP contribution in [0.2, 0.25) is 0 Å². The quantitative estimate of drug-likeness (QED) is 0.697. The number of aryl methyl sites for hydroxylation is 1. The number of benzene rings is 2. The molecule has 0 spiro atoms. The van der Waals surface area contributed by atoms with Gasteiger partial charge in [0.25, 0.3) is 11.5 Å². The lowest BCUT2D eigenvalue weighted by molar-refractivity contribution is 0.0793. The van der Waals surface area contributed by atoms with Gasteiger partial charge < -0.3 is 15.0 Å². The summed E-state index contributed by atoms with van der Waals surface area (Å²) < 4.78 is 20.1. The molecule has 1 aliphatic heterocycles. The van der Waals surface area contributed by atoms with Gasteiger partial charge in [-0.05, 0) is 55.3 Å². The standard InChI is InChI=1S/C22H21FN4O3/c1-26-22(29)20(19(14-24-26)30-18-9-7-16(23)8-10-18)25-17-6-4-5-15(13-17)21(28)27-11-2-3-12-27/h4-10,13-14,25H,2-3,11-12H2,1H3. The van der Waals surface area contributed by atoms with Crippen LogP contribution in [0.3, 0.4) is 0 Å². The van der Waals surface area contributed by atoms with Crippen molar-refractivity contribution in [1.82, 2.24) is 14.7 Å². The van der Waals surface area contributed by atoms with Crippen molar-refractivity contribution in [1.29, 1.82) is 0 Å². The molecule has 0 radical (unpaired) electrons. The second kappa shape index (κ2) is 8.36. The number of rotatable bonds is 5. The van der Waals surface area contributed by atoms with Crippen LogP contribution < -0.4 is 15.6 Å². The summed E-state index contributed by atoms with van der Waals surface area (Å²) in [5.74, 6) is 0.150. The van der Waals surface area contributed by atoms with Gasteiger partial charge in [0, 0.05) is 31.4 Å². The molecular weight excluding hydrogens is 387 g/mol. The largest absolute Gasteiger partial charge is 0.453 e. The van der Waals surface area contributed by atoms with Gasteiger partial charge >= 0.3 is 0 Å². The lowest BCUT2D eigenvalue weighted by atomic mass is 10.1. The molecule has 1 saturated heterocycles. The Morgan fingerprint density at radius 3 is 2.60 bits per heavy atom. The molecule has 1 aromatic heterocycles. The summed E-state index contributed by atoms with van der Waals surface area (Å²) in [6.07, 6.45) is 3.44. The average molecular weight is 408 g/mol. The van der Waals surface area contributed by atoms with Crippen molar-refractivity contribution in [2.24, 2.45) is 7.05 Å². The minimum Gasteiger partial charge on any atom is -0.453 e. The van der Waals surface area contributed by atoms with Gasteiger partial charge in [-0.15, -0.1) is 0 Å². The van der Waals surface area contributed by atoms with Crippen LogP contribution in [-0.2, 0) is 7.05 Å². The molecule has 1 fully saturated rings. The van der Waals surface area contributed by atoms with Crippen LogP contribution in [0.15, 0.2) is 59.5 Å². The van der Waals surface area contributed by atoms with E-state index in [1.54, 1.807) is 24.3 Å². The average Bonchev–Trinajstić information content (AvgIpc) is 3.29. The number of nitrogens with zero attached hydrogens (tertiary/aromatic N) is 3. The number of aromatic nitrogens is 2. The number of likely N-dealkylation sites (tertiary alicyclic amines) is 1. The fraction of sp³-hybridized carbons (Fsp3) is 0.227. The van der Waals surface area contributed by atoms with Gasteiger partial charge in [0.2, 0.25) is 0 Å². The molecule has 1 amide bonds. The van der Waals surface area contributed by atoms with E-state index in [4.69, 9.17) is 4.74 Å². The first-order valence-electron chi connectivity index (χ1n) is 9.67. The highest BCUT2D eigenvalue weighted by molar-refractivity contribution is 5.95. The number of carbonyl (C=O) groups is 1. The normalized spacial score (nSPS) is 13.3. The third-order valence-electron chi connectivity index (χ3n) is 4.92. The zero-order chi connectivity index (χ0) is 21.1. The van der Waals surface area contributed by atoms with Gasteiger partial charge in [0.15, 0.2) is 11.4 Å². The Labute approximate surface area is 172 Å². The number of halogens is 1. The Morgan fingerprint density at radius 1 is 1.13 bits per heavy atom. The van der Waals surface area contributed by atoms with Crippen LogP contribution in [0.4, 0.5) is 15.8 Å². The van der Waals surface area contributed by atoms with Gasteiger partial charge in [-0.25, -0.2) is 9.07 Å². The molecule has 0 bridgehead atoms. The highest BCUT2D eigenvalue weighted by Gasteiger charge is 2.20. The second-order valence-electron chi connectivity index (χ2n) is 7.07. The number of hydrogen-bond acceptors (Lipinski definition) is 5. The predicted octanol–water partition coefficient (Wildman–Crippen LogP) is 3.69. The maximum Gasteiger partial charge on any atom is 0.294 e. The predicted molar refractivity (Wildman–Crippen MR) is 111 cm³/mol. The van der Waals surface area contributed by atoms with E-state index in [0.29, 0.717) is 17.0 Å². The fourth-order valence-electron chi connectivity index (χ4n) is 3.32. The van der Waals surface area contributed by atoms with Gasteiger partial charge in [-0.1, -0.05) is 6.07 Å². The van der Waals surface area contributed by atoms with Crippen molar-refractivity contribution < 1.29 is 13.9 Å². The summed E-state index contributed by atoms with van der Waals surface area (Å²) in [4.78, 5) is 27.2. The Kier molecular flexibility index (Phi) is 5.47. The first-order valence-corrected chi connectivity index (χ1v) is 9.67. The van der Waals surface area contributed by atoms with E-state index >= 15 is 0 Å². The number of nitrogens with one attached hydrogen (secondary N) is 1. The number of ether oxygens (including phenoxy) is 1. The zero-order valence-corrected chi connectivity index (χ0v) is 16.5. The molecule has 0 unspecified atom stereocenters. The van der Waals surface area contributed by atoms with Crippen molar-refractivity contribution in [3.63, 3.8) is 0 Å². The lowest BCUT2D eigenvalue weighted by Crippen LogP contribution is -2.27. The van der Waals surface area contributed by atoms with Crippen LogP contribution in [0.5, 0.6) is 11.5 Å². The summed E-state index contributed by atoms with van der Waals surface area (Å²) in [6, 6.07) is 12.5. The lowest BCUT2D eigenvalue weighted by Gasteiger charge is -2.16. The van der Waals surface area contributed by atoms with Gasteiger partial charge in [0.1, 0.15) is 11.6 Å². The van der Waals surface area contributed by atoms with E-state index in [9.17, 15) is 14.0 Å². The molecule has 8 heteroatoms. The molecule has 3 aromatic rings. The Hall–Kier alpha value is -3.68. The van der Waals surface area contributed by atoms with Crippen molar-refractivity contribution in [3.8, 4) is 11.5 Å². The van der Waals surface area contributed by atoms with E-state index in [1.807, 2.05) is 4.90 Å². The van der Waals surface area contributed by atoms with Crippen molar-refractivity contribution in [2.75, 3.05) is 18.4 Å². The van der Waals surface area contributed by atoms with Crippen molar-refractivity contribution >= 4 is 17.3 Å². The smallest absolute Gasteiger partial charge is 0.294 e. The molecule has 7 nitrogen and oxygen atoms in total. The molecule has 0 aliphatic carbocycles. The zero-order valence-electron chi connectivity index (χ0n) is 16.5. The highest BCUT2D eigenvalue weighted by atomic mass is 19.1. The maximum atomic E-state index is 13.2. The summed E-state index contributed by atoms with van der Waals surface area (Å²) in [7, 11) is 1.53. The molecule has 154 valence electrons. The third kappa shape index (κ3) is 4.17. The Bertz CT molecular complexity index is 1120. The summed E-state index contributed by atoms with van der Waals surface area (Å²) in [5.41, 5.74) is 0.898. The van der Waals surface area contributed by atoms with Crippen LogP contribution in [-0.4, -0.2) is 33.7 Å². The molecule has 2 aromatic carbocycles. The first-order chi connectivity index (χ1) is 14.5. The van der Waals surface area contributed by atoms with Gasteiger partial charge in [0.05, 0.1) is 6.20 Å². The van der Waals surface area contributed by atoms with Crippen LogP contribution in [0.1, 0.15) is 23.2 Å². The van der Waals surface area contributed by atoms with Crippen LogP contribution in [0.25, 0.3) is 0 Å². The molecule has 0 saturated carbocycles. The summed E-state index contributed by atoms with van der Waals surface area (Å²) in [6.45, 7) is 1.52. The summed E-state index contributed by atoms with van der Waals surface area (Å²) in [5, 5.41) is 7.05. The second-order valence-corrected chi connectivity index (χ2v) is 7.07. The maximum absolute atomic E-state index is 13.2. The molecule has 0 atom stereocenters. The molecule has 1 aliphatic rings. The minimum absolute atomic E-state index is 0.0263. The topological polar surface area (TPSA) is 76.5 Å². The molecule has 4 rings (SSSR count). The number of anilines is 2. The van der Waals surface area contributed by atoms with E-state index < -0.39 is 5.56 Å². The van der Waals surface area contributed by atoms with E-state index in [0.717, 1.165) is 25.9 Å². The molecule has 30 heavy (non-hydrogen) atoms. The van der Waals surface area contributed by atoms with Gasteiger partial charge in [-0.2, -0.15) is 5.10 Å². The highest BCUT2D eigenvalue weighted by Crippen LogP contribution is 2.29. The fourth-order valence-corrected chi connectivity index (χ4v) is 3.32. The Morgan fingerprint density at radius 2 is 1.87 bits per heavy atom. The van der Waals surface area contributed by atoms with E-state index in [1.165, 1.54) is 42.2 Å². The number of hydrogen-bond donors (Lipinski definition) is 1. The van der Waals surface area contributed by atoms with E-state index in [2.05, 4.69) is 10.4 Å². The third-order valence-corrected chi connectivity index (χ3v) is 4.92. The molecule has 1 N–H and O–H groups in total.